The van der Waals surface area contributed by atoms with Gasteiger partial charge in [0, 0.05) is 10.8 Å². The summed E-state index contributed by atoms with van der Waals surface area (Å²) < 4.78 is 0. The lowest BCUT2D eigenvalue weighted by atomic mass is 9.67. The van der Waals surface area contributed by atoms with E-state index in [2.05, 4.69) is 146 Å². The smallest absolute Gasteiger partial charge is 0.0215 e. The van der Waals surface area contributed by atoms with Crippen molar-refractivity contribution < 1.29 is 0 Å². The number of fused-ring (bicyclic) bond motifs is 15. The summed E-state index contributed by atoms with van der Waals surface area (Å²) in [6, 6.07) is 56.8. The maximum atomic E-state index is 2.59. The van der Waals surface area contributed by atoms with Crippen LogP contribution in [0.25, 0.3) is 76.8 Å². The van der Waals surface area contributed by atoms with Gasteiger partial charge < -0.3 is 0 Å². The standard InChI is InChI=1S/C54H44/c1-11-27-53(28-12-1)49-21-9-7-19-41(49)43-25-23-35(31-51(43)53)45-33-47-40-18-6-4-16-38(40)46(34-48(47)39-17-5-3-15-37(39)45)36-24-26-44-42-20-8-10-22-50(42)54(52(44)32-36)29-13-2-14-30-54/h3-10,15-26,31-34H,1-2,11-14,27-30H2. The summed E-state index contributed by atoms with van der Waals surface area (Å²) in [7, 11) is 0. The summed E-state index contributed by atoms with van der Waals surface area (Å²) in [6.07, 6.45) is 12.9. The minimum atomic E-state index is 0.141. The Balaban J connectivity index is 1.07. The Kier molecular flexibility index (Phi) is 6.60. The van der Waals surface area contributed by atoms with Crippen molar-refractivity contribution >= 4 is 32.3 Å². The van der Waals surface area contributed by atoms with Gasteiger partial charge in [-0.25, -0.2) is 0 Å². The molecule has 0 bridgehead atoms. The van der Waals surface area contributed by atoms with E-state index < -0.39 is 0 Å². The van der Waals surface area contributed by atoms with Gasteiger partial charge in [0.25, 0.3) is 0 Å². The molecule has 2 fully saturated rings. The largest absolute Gasteiger partial charge is 0.0619 e. The lowest BCUT2D eigenvalue weighted by Crippen LogP contribution is -2.28. The zero-order valence-electron chi connectivity index (χ0n) is 30.9. The van der Waals surface area contributed by atoms with E-state index >= 15 is 0 Å². The maximum absolute atomic E-state index is 2.59. The number of hydrogen-bond donors (Lipinski definition) is 0. The van der Waals surface area contributed by atoms with Crippen LogP contribution in [0.1, 0.15) is 86.5 Å². The van der Waals surface area contributed by atoms with Gasteiger partial charge >= 0.3 is 0 Å². The van der Waals surface area contributed by atoms with Gasteiger partial charge in [-0.15, -0.1) is 0 Å². The van der Waals surface area contributed by atoms with Gasteiger partial charge in [-0.1, -0.05) is 160 Å². The van der Waals surface area contributed by atoms with Gasteiger partial charge in [0.1, 0.15) is 0 Å². The van der Waals surface area contributed by atoms with Gasteiger partial charge in [0.15, 0.2) is 0 Å². The predicted octanol–water partition coefficient (Wildman–Crippen LogP) is 14.9. The van der Waals surface area contributed by atoms with Crippen molar-refractivity contribution in [3.63, 3.8) is 0 Å². The minimum absolute atomic E-state index is 0.141. The topological polar surface area (TPSA) is 0 Å². The molecule has 0 aliphatic heterocycles. The van der Waals surface area contributed by atoms with E-state index in [-0.39, 0.29) is 10.8 Å². The van der Waals surface area contributed by atoms with Gasteiger partial charge in [-0.05, 0) is 149 Å². The molecule has 8 aromatic rings. The molecule has 2 spiro atoms. The van der Waals surface area contributed by atoms with Crippen molar-refractivity contribution in [2.24, 2.45) is 0 Å². The maximum Gasteiger partial charge on any atom is 0.0215 e. The van der Waals surface area contributed by atoms with E-state index in [9.17, 15) is 0 Å². The third kappa shape index (κ3) is 4.15. The zero-order valence-corrected chi connectivity index (χ0v) is 30.9. The van der Waals surface area contributed by atoms with E-state index in [1.807, 2.05) is 0 Å². The van der Waals surface area contributed by atoms with E-state index in [1.54, 1.807) is 22.3 Å². The van der Waals surface area contributed by atoms with Gasteiger partial charge in [-0.3, -0.25) is 0 Å². The molecule has 0 saturated heterocycles. The molecule has 0 atom stereocenters. The fraction of sp³-hybridized carbons (Fsp3) is 0.222. The average Bonchev–Trinajstić information content (AvgIpc) is 3.66. The molecule has 260 valence electrons. The van der Waals surface area contributed by atoms with Crippen molar-refractivity contribution in [1.82, 2.24) is 0 Å². The van der Waals surface area contributed by atoms with Crippen LogP contribution in [-0.4, -0.2) is 0 Å². The lowest BCUT2D eigenvalue weighted by Gasteiger charge is -2.36. The molecule has 2 saturated carbocycles. The van der Waals surface area contributed by atoms with E-state index in [4.69, 9.17) is 0 Å². The molecular weight excluding hydrogens is 649 g/mol. The van der Waals surface area contributed by atoms with Crippen molar-refractivity contribution in [3.8, 4) is 44.5 Å². The Hall–Kier alpha value is -5.46. The highest BCUT2D eigenvalue weighted by Crippen LogP contribution is 2.58. The summed E-state index contributed by atoms with van der Waals surface area (Å²) in [5, 5.41) is 8.04. The molecular formula is C54H44. The van der Waals surface area contributed by atoms with Crippen molar-refractivity contribution in [1.29, 1.82) is 0 Å². The molecule has 8 aromatic carbocycles. The molecule has 0 radical (unpaired) electrons. The molecule has 4 aliphatic rings. The van der Waals surface area contributed by atoms with Crippen molar-refractivity contribution in [3.05, 3.63) is 168 Å². The van der Waals surface area contributed by atoms with E-state index in [1.165, 1.54) is 141 Å². The number of benzene rings is 8. The molecule has 0 aromatic heterocycles. The van der Waals surface area contributed by atoms with Crippen LogP contribution in [-0.2, 0) is 10.8 Å². The van der Waals surface area contributed by atoms with Gasteiger partial charge in [0.05, 0.1) is 0 Å². The molecule has 4 aliphatic carbocycles. The second-order valence-electron chi connectivity index (χ2n) is 16.9. The van der Waals surface area contributed by atoms with Crippen molar-refractivity contribution in [2.45, 2.75) is 75.0 Å². The summed E-state index contributed by atoms with van der Waals surface area (Å²) in [5.41, 5.74) is 17.7. The molecule has 0 nitrogen and oxygen atoms in total. The Morgan fingerprint density at radius 3 is 1.07 bits per heavy atom. The number of hydrogen-bond acceptors (Lipinski definition) is 0. The highest BCUT2D eigenvalue weighted by atomic mass is 14.5. The molecule has 0 amide bonds. The lowest BCUT2D eigenvalue weighted by molar-refractivity contribution is 0.353. The second-order valence-corrected chi connectivity index (χ2v) is 16.9. The highest BCUT2D eigenvalue weighted by molar-refractivity contribution is 6.24. The average molecular weight is 693 g/mol. The Morgan fingerprint density at radius 1 is 0.259 bits per heavy atom. The molecule has 0 N–H and O–H groups in total. The van der Waals surface area contributed by atoms with Crippen molar-refractivity contribution in [2.75, 3.05) is 0 Å². The van der Waals surface area contributed by atoms with Gasteiger partial charge in [-0.2, -0.15) is 0 Å². The van der Waals surface area contributed by atoms with E-state index in [0.717, 1.165) is 0 Å². The molecule has 54 heavy (non-hydrogen) atoms. The Morgan fingerprint density at radius 2 is 0.630 bits per heavy atom. The first-order valence-electron chi connectivity index (χ1n) is 20.6. The fourth-order valence-electron chi connectivity index (χ4n) is 12.1. The molecule has 0 heteroatoms. The third-order valence-electron chi connectivity index (χ3n) is 14.5. The first-order valence-corrected chi connectivity index (χ1v) is 20.6. The highest BCUT2D eigenvalue weighted by Gasteiger charge is 2.45. The van der Waals surface area contributed by atoms with Gasteiger partial charge in [0.2, 0.25) is 0 Å². The molecule has 0 heterocycles. The molecule has 0 unspecified atom stereocenters. The summed E-state index contributed by atoms with van der Waals surface area (Å²) in [5.74, 6) is 0. The number of rotatable bonds is 2. The second kappa shape index (κ2) is 11.5. The van der Waals surface area contributed by atoms with Crippen LogP contribution in [0.4, 0.5) is 0 Å². The Bertz CT molecular complexity index is 2640. The monoisotopic (exact) mass is 692 g/mol. The van der Waals surface area contributed by atoms with Crippen LogP contribution in [0, 0.1) is 0 Å². The summed E-state index contributed by atoms with van der Waals surface area (Å²) >= 11 is 0. The SMILES string of the molecule is c1ccc2c(c1)-c1ccc(-c3cc4c5ccccc5c(-c5ccc6c(c5)C5(CCCCC5)c5ccccc5-6)cc4c4ccccc34)cc1C21CCCCC1. The predicted molar refractivity (Wildman–Crippen MR) is 228 cm³/mol. The summed E-state index contributed by atoms with van der Waals surface area (Å²) in [4.78, 5) is 0. The van der Waals surface area contributed by atoms with E-state index in [0.29, 0.717) is 0 Å². The van der Waals surface area contributed by atoms with Crippen LogP contribution in [0.5, 0.6) is 0 Å². The minimum Gasteiger partial charge on any atom is -0.0619 e. The van der Waals surface area contributed by atoms with Crippen LogP contribution in [0.3, 0.4) is 0 Å². The molecule has 12 rings (SSSR count). The first kappa shape index (κ1) is 30.9. The fourth-order valence-corrected chi connectivity index (χ4v) is 12.1. The third-order valence-corrected chi connectivity index (χ3v) is 14.5. The van der Waals surface area contributed by atoms with Crippen LogP contribution >= 0.6 is 0 Å². The van der Waals surface area contributed by atoms with Crippen LogP contribution in [0.15, 0.2) is 146 Å². The quantitative estimate of drug-likeness (QED) is 0.158. The van der Waals surface area contributed by atoms with Crippen LogP contribution in [0.2, 0.25) is 0 Å². The van der Waals surface area contributed by atoms with Crippen LogP contribution < -0.4 is 0 Å². The zero-order chi connectivity index (χ0) is 35.4. The first-order chi connectivity index (χ1) is 26.7. The summed E-state index contributed by atoms with van der Waals surface area (Å²) in [6.45, 7) is 0. The Labute approximate surface area is 318 Å². The normalized spacial score (nSPS) is 17.6.